The monoisotopic (exact) mass is 197 g/mol. The number of rotatable bonds is 2. The Bertz CT molecular complexity index is 407. The largest absolute Gasteiger partial charge is 0.249 e. The molecular weight excluding hydrogens is 182 g/mol. The van der Waals surface area contributed by atoms with Gasteiger partial charge in [-0.05, 0) is 37.1 Å². The van der Waals surface area contributed by atoms with Gasteiger partial charge in [-0.25, -0.2) is 8.99 Å². The van der Waals surface area contributed by atoms with Gasteiger partial charge in [0.25, 0.3) is 0 Å². The molecule has 0 aliphatic heterocycles. The first-order valence-corrected chi connectivity index (χ1v) is 6.04. The van der Waals surface area contributed by atoms with Crippen molar-refractivity contribution >= 4 is 9.73 Å². The van der Waals surface area contributed by atoms with Crippen molar-refractivity contribution in [1.29, 1.82) is 4.78 Å². The zero-order valence-corrected chi connectivity index (χ0v) is 9.07. The van der Waals surface area contributed by atoms with E-state index in [9.17, 15) is 4.21 Å². The summed E-state index contributed by atoms with van der Waals surface area (Å²) in [5.74, 6) is 0.384. The molecular formula is C10H15NOS. The molecule has 0 aliphatic rings. The smallest absolute Gasteiger partial charge is 0.0723 e. The van der Waals surface area contributed by atoms with Crippen LogP contribution >= 0.6 is 0 Å². The van der Waals surface area contributed by atoms with Gasteiger partial charge in [0.2, 0.25) is 0 Å². The van der Waals surface area contributed by atoms with Gasteiger partial charge in [-0.1, -0.05) is 13.0 Å². The lowest BCUT2D eigenvalue weighted by Gasteiger charge is -2.06. The molecule has 1 atom stereocenters. The normalized spacial score (nSPS) is 15.3. The fourth-order valence-corrected chi connectivity index (χ4v) is 2.07. The molecule has 0 aromatic heterocycles. The summed E-state index contributed by atoms with van der Waals surface area (Å²) < 4.78 is 19.3. The van der Waals surface area contributed by atoms with Crippen LogP contribution < -0.4 is 0 Å². The topological polar surface area (TPSA) is 40.9 Å². The van der Waals surface area contributed by atoms with Gasteiger partial charge < -0.3 is 0 Å². The molecule has 2 nitrogen and oxygen atoms in total. The van der Waals surface area contributed by atoms with Crippen molar-refractivity contribution in [2.45, 2.75) is 25.7 Å². The Kier molecular flexibility index (Phi) is 2.76. The quantitative estimate of drug-likeness (QED) is 0.778. The van der Waals surface area contributed by atoms with Crippen LogP contribution in [0.3, 0.4) is 0 Å². The van der Waals surface area contributed by atoms with Crippen molar-refractivity contribution in [2.75, 3.05) is 5.75 Å². The van der Waals surface area contributed by atoms with E-state index in [0.29, 0.717) is 10.6 Å². The molecule has 1 aromatic carbocycles. The lowest BCUT2D eigenvalue weighted by molar-refractivity contribution is 0.675. The van der Waals surface area contributed by atoms with E-state index in [2.05, 4.69) is 0 Å². The molecule has 0 amide bonds. The molecule has 0 unspecified atom stereocenters. The van der Waals surface area contributed by atoms with Gasteiger partial charge in [-0.2, -0.15) is 0 Å². The minimum atomic E-state index is -2.54. The van der Waals surface area contributed by atoms with Crippen molar-refractivity contribution in [3.05, 3.63) is 29.3 Å². The van der Waals surface area contributed by atoms with E-state index >= 15 is 0 Å². The second kappa shape index (κ2) is 3.50. The molecule has 13 heavy (non-hydrogen) atoms. The minimum Gasteiger partial charge on any atom is -0.249 e. The summed E-state index contributed by atoms with van der Waals surface area (Å²) in [6.07, 6.45) is 0. The van der Waals surface area contributed by atoms with Crippen molar-refractivity contribution in [3.8, 4) is 0 Å². The SMILES string of the molecule is CC[S@@](=N)(=O)c1ccc(C)c(C)c1. The summed E-state index contributed by atoms with van der Waals surface area (Å²) in [4.78, 5) is 0.651. The van der Waals surface area contributed by atoms with Gasteiger partial charge in [-0.15, -0.1) is 0 Å². The molecule has 0 spiro atoms. The Morgan fingerprint density at radius 2 is 1.92 bits per heavy atom. The Balaban J connectivity index is 3.27. The fraction of sp³-hybridized carbons (Fsp3) is 0.400. The minimum absolute atomic E-state index is 0.384. The van der Waals surface area contributed by atoms with E-state index in [1.807, 2.05) is 26.0 Å². The highest BCUT2D eigenvalue weighted by atomic mass is 32.2. The summed E-state index contributed by atoms with van der Waals surface area (Å²) >= 11 is 0. The third kappa shape index (κ3) is 2.10. The van der Waals surface area contributed by atoms with E-state index in [0.717, 1.165) is 5.56 Å². The molecule has 0 aliphatic carbocycles. The number of hydrogen-bond donors (Lipinski definition) is 1. The standard InChI is InChI=1S/C10H15NOS/c1-4-13(11,12)10-6-5-8(2)9(3)7-10/h5-7,11H,4H2,1-3H3/t13-/m1/s1. The van der Waals surface area contributed by atoms with Crippen LogP contribution in [-0.2, 0) is 9.73 Å². The zero-order valence-electron chi connectivity index (χ0n) is 8.26. The van der Waals surface area contributed by atoms with E-state index in [4.69, 9.17) is 4.78 Å². The van der Waals surface area contributed by atoms with Crippen molar-refractivity contribution in [1.82, 2.24) is 0 Å². The van der Waals surface area contributed by atoms with Gasteiger partial charge in [0.05, 0.1) is 9.73 Å². The van der Waals surface area contributed by atoms with Crippen LogP contribution in [0.2, 0.25) is 0 Å². The van der Waals surface area contributed by atoms with E-state index in [1.165, 1.54) is 5.56 Å². The molecule has 0 fully saturated rings. The molecule has 3 heteroatoms. The Labute approximate surface area is 80.0 Å². The third-order valence-corrected chi connectivity index (χ3v) is 4.09. The summed E-state index contributed by atoms with van der Waals surface area (Å²) in [6.45, 7) is 5.77. The van der Waals surface area contributed by atoms with E-state index in [1.54, 1.807) is 13.0 Å². The molecule has 0 saturated heterocycles. The number of benzene rings is 1. The molecule has 1 rings (SSSR count). The second-order valence-corrected chi connectivity index (χ2v) is 5.61. The van der Waals surface area contributed by atoms with Gasteiger partial charge in [0.15, 0.2) is 0 Å². The maximum absolute atomic E-state index is 11.7. The van der Waals surface area contributed by atoms with Gasteiger partial charge in [0, 0.05) is 10.6 Å². The van der Waals surface area contributed by atoms with Crippen LogP contribution in [0.5, 0.6) is 0 Å². The average molecular weight is 197 g/mol. The first-order chi connectivity index (χ1) is 5.97. The molecule has 1 aromatic rings. The zero-order chi connectivity index (χ0) is 10.1. The Morgan fingerprint density at radius 1 is 1.31 bits per heavy atom. The van der Waals surface area contributed by atoms with E-state index in [-0.39, 0.29) is 0 Å². The Morgan fingerprint density at radius 3 is 2.38 bits per heavy atom. The van der Waals surface area contributed by atoms with E-state index < -0.39 is 9.73 Å². The number of hydrogen-bond acceptors (Lipinski definition) is 2. The van der Waals surface area contributed by atoms with Crippen LogP contribution in [-0.4, -0.2) is 9.96 Å². The van der Waals surface area contributed by atoms with Crippen LogP contribution in [0.25, 0.3) is 0 Å². The Hall–Kier alpha value is -0.830. The summed E-state index contributed by atoms with van der Waals surface area (Å²) in [5.41, 5.74) is 2.28. The number of nitrogens with one attached hydrogen (secondary N) is 1. The van der Waals surface area contributed by atoms with Gasteiger partial charge in [0.1, 0.15) is 0 Å². The highest BCUT2D eigenvalue weighted by Crippen LogP contribution is 2.16. The molecule has 1 N–H and O–H groups in total. The van der Waals surface area contributed by atoms with Gasteiger partial charge >= 0.3 is 0 Å². The van der Waals surface area contributed by atoms with Crippen LogP contribution in [0.1, 0.15) is 18.1 Å². The first-order valence-electron chi connectivity index (χ1n) is 4.31. The summed E-state index contributed by atoms with van der Waals surface area (Å²) in [6, 6.07) is 5.57. The van der Waals surface area contributed by atoms with Gasteiger partial charge in [-0.3, -0.25) is 0 Å². The summed E-state index contributed by atoms with van der Waals surface area (Å²) in [7, 11) is -2.54. The summed E-state index contributed by atoms with van der Waals surface area (Å²) in [5, 5.41) is 0. The second-order valence-electron chi connectivity index (χ2n) is 3.21. The lowest BCUT2D eigenvalue weighted by Crippen LogP contribution is -2.02. The van der Waals surface area contributed by atoms with Crippen molar-refractivity contribution in [2.24, 2.45) is 0 Å². The van der Waals surface area contributed by atoms with Crippen LogP contribution in [0.4, 0.5) is 0 Å². The molecule has 0 heterocycles. The molecule has 0 radical (unpaired) electrons. The van der Waals surface area contributed by atoms with Crippen LogP contribution in [0, 0.1) is 18.6 Å². The predicted octanol–water partition coefficient (Wildman–Crippen LogP) is 2.73. The first kappa shape index (κ1) is 10.3. The molecule has 0 bridgehead atoms. The maximum Gasteiger partial charge on any atom is 0.0723 e. The molecule has 72 valence electrons. The lowest BCUT2D eigenvalue weighted by atomic mass is 10.1. The van der Waals surface area contributed by atoms with Crippen molar-refractivity contribution < 1.29 is 4.21 Å². The highest BCUT2D eigenvalue weighted by molar-refractivity contribution is 7.92. The van der Waals surface area contributed by atoms with Crippen LogP contribution in [0.15, 0.2) is 23.1 Å². The highest BCUT2D eigenvalue weighted by Gasteiger charge is 2.07. The fourth-order valence-electron chi connectivity index (χ4n) is 1.09. The maximum atomic E-state index is 11.7. The van der Waals surface area contributed by atoms with Crippen molar-refractivity contribution in [3.63, 3.8) is 0 Å². The number of aryl methyl sites for hydroxylation is 2. The third-order valence-electron chi connectivity index (χ3n) is 2.27. The average Bonchev–Trinajstić information content (AvgIpc) is 2.09. The predicted molar refractivity (Wildman–Crippen MR) is 55.6 cm³/mol. The molecule has 0 saturated carbocycles.